The highest BCUT2D eigenvalue weighted by molar-refractivity contribution is 7.80. The molecule has 5 heterocycles. The Hall–Kier alpha value is -2.61. The van der Waals surface area contributed by atoms with Crippen LogP contribution in [0.2, 0.25) is 5.02 Å². The number of ether oxygens (including phenoxy) is 1. The Bertz CT molecular complexity index is 1240. The quantitative estimate of drug-likeness (QED) is 0.383. The number of nitrogens with zero attached hydrogens (tertiary/aromatic N) is 4. The summed E-state index contributed by atoms with van der Waals surface area (Å²) in [5, 5.41) is 5.03. The number of hydrogen-bond donors (Lipinski definition) is 1. The van der Waals surface area contributed by atoms with E-state index >= 15 is 0 Å². The van der Waals surface area contributed by atoms with E-state index < -0.39 is 0 Å². The number of hydrogen-bond acceptors (Lipinski definition) is 4. The number of anilines is 2. The molecule has 3 fully saturated rings. The van der Waals surface area contributed by atoms with Crippen molar-refractivity contribution in [1.29, 1.82) is 0 Å². The Morgan fingerprint density at radius 1 is 1.11 bits per heavy atom. The van der Waals surface area contributed by atoms with Crippen molar-refractivity contribution < 1.29 is 4.74 Å². The van der Waals surface area contributed by atoms with Crippen molar-refractivity contribution in [3.8, 4) is 0 Å². The molecule has 0 radical (unpaired) electrons. The fraction of sp³-hybridized carbons (Fsp3) is 0.448. The number of thiocarbonyl (C=S) groups is 1. The van der Waals surface area contributed by atoms with Gasteiger partial charge in [-0.3, -0.25) is 4.98 Å². The summed E-state index contributed by atoms with van der Waals surface area (Å²) in [6.07, 6.45) is 8.87. The predicted molar refractivity (Wildman–Crippen MR) is 153 cm³/mol. The average Bonchev–Trinajstić information content (AvgIpc) is 3.66. The van der Waals surface area contributed by atoms with E-state index in [1.54, 1.807) is 0 Å². The molecule has 3 atom stereocenters. The standard InChI is InChI=1S/C29H34ClN5OS/c1-20-11-15-33(16-12-20)25-10-9-21(18-23(25)30)35-28(27(32-29(35)37)24-7-2-3-13-31-24)26-8-4-14-34(26)19-22-6-5-17-36-22/h2-4,7-10,13-14,18,20,22,27-28H,5-6,11-12,15-17,19H2,1H3,(H,32,37)/t22-,27-,28+/m1/s1. The van der Waals surface area contributed by atoms with Gasteiger partial charge in [0, 0.05) is 50.0 Å². The smallest absolute Gasteiger partial charge is 0.174 e. The Balaban J connectivity index is 1.36. The fourth-order valence-electron chi connectivity index (χ4n) is 5.95. The fourth-order valence-corrected chi connectivity index (χ4v) is 6.60. The van der Waals surface area contributed by atoms with Gasteiger partial charge in [-0.2, -0.15) is 0 Å². The number of halogens is 1. The molecular formula is C29H34ClN5OS. The highest BCUT2D eigenvalue weighted by Crippen LogP contribution is 2.43. The summed E-state index contributed by atoms with van der Waals surface area (Å²) >= 11 is 12.9. The first-order valence-electron chi connectivity index (χ1n) is 13.4. The maximum atomic E-state index is 6.93. The van der Waals surface area contributed by atoms with Crippen molar-refractivity contribution in [2.75, 3.05) is 29.5 Å². The second-order valence-corrected chi connectivity index (χ2v) is 11.3. The van der Waals surface area contributed by atoms with Crippen LogP contribution in [0.4, 0.5) is 11.4 Å². The molecule has 6 nitrogen and oxygen atoms in total. The van der Waals surface area contributed by atoms with Crippen LogP contribution < -0.4 is 15.1 Å². The van der Waals surface area contributed by atoms with Crippen LogP contribution in [0, 0.1) is 5.92 Å². The molecule has 0 spiro atoms. The van der Waals surface area contributed by atoms with Gasteiger partial charge in [0.1, 0.15) is 6.04 Å². The molecule has 2 aromatic heterocycles. The maximum Gasteiger partial charge on any atom is 0.174 e. The van der Waals surface area contributed by atoms with Crippen LogP contribution >= 0.6 is 23.8 Å². The topological polar surface area (TPSA) is 45.6 Å². The number of rotatable bonds is 6. The van der Waals surface area contributed by atoms with Gasteiger partial charge in [-0.25, -0.2) is 0 Å². The van der Waals surface area contributed by atoms with Crippen LogP contribution in [-0.2, 0) is 11.3 Å². The molecule has 0 amide bonds. The van der Waals surface area contributed by atoms with E-state index in [0.29, 0.717) is 5.11 Å². The van der Waals surface area contributed by atoms with Crippen molar-refractivity contribution >= 4 is 40.3 Å². The normalized spacial score (nSPS) is 24.6. The Morgan fingerprint density at radius 2 is 1.97 bits per heavy atom. The summed E-state index contributed by atoms with van der Waals surface area (Å²) in [5.74, 6) is 0.775. The molecule has 1 aromatic carbocycles. The van der Waals surface area contributed by atoms with E-state index in [4.69, 9.17) is 33.5 Å². The third kappa shape index (κ3) is 4.97. The summed E-state index contributed by atoms with van der Waals surface area (Å²) in [6, 6.07) is 16.6. The van der Waals surface area contributed by atoms with E-state index in [-0.39, 0.29) is 18.2 Å². The van der Waals surface area contributed by atoms with Gasteiger partial charge in [0.05, 0.1) is 28.5 Å². The number of nitrogens with one attached hydrogen (secondary N) is 1. The molecule has 6 rings (SSSR count). The van der Waals surface area contributed by atoms with E-state index in [9.17, 15) is 0 Å². The van der Waals surface area contributed by atoms with E-state index in [1.807, 2.05) is 18.3 Å². The van der Waals surface area contributed by atoms with Crippen LogP contribution in [0.15, 0.2) is 60.9 Å². The van der Waals surface area contributed by atoms with Crippen molar-refractivity contribution in [1.82, 2.24) is 14.9 Å². The van der Waals surface area contributed by atoms with Crippen LogP contribution in [0.1, 0.15) is 56.1 Å². The van der Waals surface area contributed by atoms with Gasteiger partial charge < -0.3 is 24.4 Å². The molecule has 8 heteroatoms. The maximum absolute atomic E-state index is 6.93. The summed E-state index contributed by atoms with van der Waals surface area (Å²) in [7, 11) is 0. The van der Waals surface area contributed by atoms with Gasteiger partial charge >= 0.3 is 0 Å². The molecule has 0 unspecified atom stereocenters. The molecule has 3 aliphatic rings. The first-order chi connectivity index (χ1) is 18.1. The lowest BCUT2D eigenvalue weighted by Gasteiger charge is -2.34. The third-order valence-electron chi connectivity index (χ3n) is 8.02. The van der Waals surface area contributed by atoms with Gasteiger partial charge in [-0.1, -0.05) is 24.6 Å². The lowest BCUT2D eigenvalue weighted by atomic mass is 9.98. The summed E-state index contributed by atoms with van der Waals surface area (Å²) in [5.41, 5.74) is 4.25. The van der Waals surface area contributed by atoms with Gasteiger partial charge in [-0.05, 0) is 86.3 Å². The van der Waals surface area contributed by atoms with E-state index in [2.05, 4.69) is 69.2 Å². The van der Waals surface area contributed by atoms with Crippen molar-refractivity contribution in [2.45, 2.75) is 57.3 Å². The molecule has 194 valence electrons. The molecule has 0 bridgehead atoms. The zero-order valence-corrected chi connectivity index (χ0v) is 22.8. The first kappa shape index (κ1) is 24.7. The first-order valence-corrected chi connectivity index (χ1v) is 14.2. The predicted octanol–water partition coefficient (Wildman–Crippen LogP) is 6.13. The summed E-state index contributed by atoms with van der Waals surface area (Å²) in [6.45, 7) is 6.10. The largest absolute Gasteiger partial charge is 0.376 e. The average molecular weight is 536 g/mol. The van der Waals surface area contributed by atoms with Crippen molar-refractivity contribution in [2.24, 2.45) is 5.92 Å². The third-order valence-corrected chi connectivity index (χ3v) is 8.64. The summed E-state index contributed by atoms with van der Waals surface area (Å²) < 4.78 is 8.29. The minimum Gasteiger partial charge on any atom is -0.376 e. The number of piperidine rings is 1. The van der Waals surface area contributed by atoms with Crippen LogP contribution in [0.3, 0.4) is 0 Å². The zero-order chi connectivity index (χ0) is 25.4. The molecule has 1 N–H and O–H groups in total. The lowest BCUT2D eigenvalue weighted by molar-refractivity contribution is 0.0961. The highest BCUT2D eigenvalue weighted by atomic mass is 35.5. The molecule has 3 aliphatic heterocycles. The number of aromatic nitrogens is 2. The lowest BCUT2D eigenvalue weighted by Crippen LogP contribution is -2.33. The molecule has 3 aromatic rings. The van der Waals surface area contributed by atoms with Crippen LogP contribution in [-0.4, -0.2) is 40.5 Å². The van der Waals surface area contributed by atoms with Crippen LogP contribution in [0.5, 0.6) is 0 Å². The molecule has 0 aliphatic carbocycles. The molecule has 0 saturated carbocycles. The molecular weight excluding hydrogens is 502 g/mol. The van der Waals surface area contributed by atoms with Gasteiger partial charge in [0.15, 0.2) is 5.11 Å². The molecule has 3 saturated heterocycles. The molecule has 37 heavy (non-hydrogen) atoms. The second kappa shape index (κ2) is 10.6. The van der Waals surface area contributed by atoms with Crippen molar-refractivity contribution in [3.05, 3.63) is 77.3 Å². The minimum absolute atomic E-state index is 0.0726. The SMILES string of the molecule is CC1CCN(c2ccc(N3C(=S)N[C@H](c4ccccn4)[C@@H]3c3cccn3C[C@H]3CCCO3)cc2Cl)CC1. The van der Waals surface area contributed by atoms with E-state index in [1.165, 1.54) is 18.5 Å². The Morgan fingerprint density at radius 3 is 2.70 bits per heavy atom. The van der Waals surface area contributed by atoms with Crippen LogP contribution in [0.25, 0.3) is 0 Å². The Kier molecular flexibility index (Phi) is 7.10. The second-order valence-electron chi connectivity index (χ2n) is 10.5. The van der Waals surface area contributed by atoms with Gasteiger partial charge in [0.2, 0.25) is 0 Å². The summed E-state index contributed by atoms with van der Waals surface area (Å²) in [4.78, 5) is 9.32. The van der Waals surface area contributed by atoms with Gasteiger partial charge in [-0.15, -0.1) is 0 Å². The zero-order valence-electron chi connectivity index (χ0n) is 21.2. The minimum atomic E-state index is -0.0890. The van der Waals surface area contributed by atoms with Gasteiger partial charge in [0.25, 0.3) is 0 Å². The number of pyridine rings is 1. The monoisotopic (exact) mass is 535 g/mol. The number of benzene rings is 1. The van der Waals surface area contributed by atoms with E-state index in [0.717, 1.165) is 67.1 Å². The highest BCUT2D eigenvalue weighted by Gasteiger charge is 2.42. The Labute approximate surface area is 229 Å². The van der Waals surface area contributed by atoms with Crippen molar-refractivity contribution in [3.63, 3.8) is 0 Å².